The van der Waals surface area contributed by atoms with Gasteiger partial charge in [0, 0.05) is 48.7 Å². The van der Waals surface area contributed by atoms with E-state index in [9.17, 15) is 4.79 Å². The molecule has 2 aromatic rings. The van der Waals surface area contributed by atoms with Crippen LogP contribution in [0.3, 0.4) is 0 Å². The lowest BCUT2D eigenvalue weighted by Gasteiger charge is -2.30. The number of hydrogen-bond donors (Lipinski definition) is 2. The van der Waals surface area contributed by atoms with E-state index >= 15 is 0 Å². The number of carbonyl (C=O) groups excluding carboxylic acids is 1. The molecule has 0 radical (unpaired) electrons. The first-order valence-electron chi connectivity index (χ1n) is 8.84. The third kappa shape index (κ3) is 3.97. The van der Waals surface area contributed by atoms with E-state index in [1.54, 1.807) is 11.3 Å². The van der Waals surface area contributed by atoms with Crippen molar-refractivity contribution >= 4 is 34.8 Å². The molecule has 2 saturated heterocycles. The molecule has 0 saturated carbocycles. The molecule has 0 bridgehead atoms. The number of carbonyl (C=O) groups is 1. The zero-order chi connectivity index (χ0) is 17.9. The maximum Gasteiger partial charge on any atom is 0.320 e. The summed E-state index contributed by atoms with van der Waals surface area (Å²) in [4.78, 5) is 17.6. The summed E-state index contributed by atoms with van der Waals surface area (Å²) in [6, 6.07) is 6.09. The number of nitrogens with zero attached hydrogens (tertiary/aromatic N) is 3. The van der Waals surface area contributed by atoms with Gasteiger partial charge in [0.1, 0.15) is 5.82 Å². The summed E-state index contributed by atoms with van der Waals surface area (Å²) in [5, 5.41) is 10.8. The highest BCUT2D eigenvalue weighted by molar-refractivity contribution is 7.16. The van der Waals surface area contributed by atoms with Gasteiger partial charge in [-0.25, -0.2) is 4.79 Å². The second kappa shape index (κ2) is 7.85. The first-order valence-corrected chi connectivity index (χ1v) is 10.0. The van der Waals surface area contributed by atoms with E-state index in [0.717, 1.165) is 35.4 Å². The molecule has 7 nitrogen and oxygen atoms in total. The standard InChI is InChI=1S/C17H22ClN5O2S/c18-15-2-1-13(26-15)10-19-16-9-14(20-21-16)12-3-4-23(11-12)17(24)22-5-7-25-8-6-22/h1-2,9,12H,3-8,10-11H2,(H2,19,20,21). The van der Waals surface area contributed by atoms with E-state index in [1.807, 2.05) is 28.0 Å². The van der Waals surface area contributed by atoms with E-state index in [4.69, 9.17) is 16.3 Å². The summed E-state index contributed by atoms with van der Waals surface area (Å²) in [5.41, 5.74) is 1.08. The van der Waals surface area contributed by atoms with Gasteiger partial charge in [0.25, 0.3) is 0 Å². The second-order valence-electron chi connectivity index (χ2n) is 6.58. The van der Waals surface area contributed by atoms with E-state index in [0.29, 0.717) is 38.8 Å². The van der Waals surface area contributed by atoms with Crippen molar-refractivity contribution in [3.8, 4) is 0 Å². The Kier molecular flexibility index (Phi) is 5.33. The van der Waals surface area contributed by atoms with E-state index in [-0.39, 0.29) is 6.03 Å². The summed E-state index contributed by atoms with van der Waals surface area (Å²) < 4.78 is 6.11. The van der Waals surface area contributed by atoms with E-state index in [2.05, 4.69) is 15.5 Å². The van der Waals surface area contributed by atoms with Crippen molar-refractivity contribution in [1.82, 2.24) is 20.0 Å². The molecule has 0 aromatic carbocycles. The molecule has 4 rings (SSSR count). The Bertz CT molecular complexity index is 758. The minimum absolute atomic E-state index is 0.128. The number of thiophene rings is 1. The van der Waals surface area contributed by atoms with Crippen LogP contribution in [0, 0.1) is 0 Å². The second-order valence-corrected chi connectivity index (χ2v) is 8.38. The number of rotatable bonds is 4. The highest BCUT2D eigenvalue weighted by Gasteiger charge is 2.31. The predicted molar refractivity (Wildman–Crippen MR) is 102 cm³/mol. The van der Waals surface area contributed by atoms with Crippen LogP contribution in [0.15, 0.2) is 18.2 Å². The molecule has 1 atom stereocenters. The summed E-state index contributed by atoms with van der Waals surface area (Å²) >= 11 is 7.52. The molecule has 0 spiro atoms. The van der Waals surface area contributed by atoms with Gasteiger partial charge in [0.2, 0.25) is 0 Å². The van der Waals surface area contributed by atoms with Gasteiger partial charge in [-0.1, -0.05) is 11.6 Å². The predicted octanol–water partition coefficient (Wildman–Crippen LogP) is 2.98. The van der Waals surface area contributed by atoms with Gasteiger partial charge >= 0.3 is 6.03 Å². The van der Waals surface area contributed by atoms with Crippen LogP contribution in [0.2, 0.25) is 4.34 Å². The number of anilines is 1. The molecule has 140 valence electrons. The van der Waals surface area contributed by atoms with Crippen molar-refractivity contribution in [3.05, 3.63) is 33.1 Å². The molecule has 0 aliphatic carbocycles. The van der Waals surface area contributed by atoms with Gasteiger partial charge in [0.15, 0.2) is 0 Å². The number of aromatic nitrogens is 2. The molecular weight excluding hydrogens is 374 g/mol. The fourth-order valence-corrected chi connectivity index (χ4v) is 4.43. The van der Waals surface area contributed by atoms with Crippen LogP contribution in [0.5, 0.6) is 0 Å². The molecule has 9 heteroatoms. The molecule has 2 amide bonds. The monoisotopic (exact) mass is 395 g/mol. The number of aromatic amines is 1. The van der Waals surface area contributed by atoms with Crippen molar-refractivity contribution in [2.24, 2.45) is 0 Å². The SMILES string of the molecule is O=C(N1CCOCC1)N1CCC(c2cc(NCc3ccc(Cl)s3)n[nH]2)C1. The summed E-state index contributed by atoms with van der Waals surface area (Å²) in [6.07, 6.45) is 0.957. The number of halogens is 1. The number of H-pyrrole nitrogens is 1. The number of likely N-dealkylation sites (tertiary alicyclic amines) is 1. The van der Waals surface area contributed by atoms with Gasteiger partial charge in [-0.05, 0) is 18.6 Å². The molecule has 2 aliphatic rings. The Morgan fingerprint density at radius 3 is 2.96 bits per heavy atom. The van der Waals surface area contributed by atoms with Crippen LogP contribution in [0.4, 0.5) is 10.6 Å². The fourth-order valence-electron chi connectivity index (χ4n) is 3.40. The Balaban J connectivity index is 1.31. The maximum atomic E-state index is 12.6. The summed E-state index contributed by atoms with van der Waals surface area (Å²) in [7, 11) is 0. The molecule has 2 N–H and O–H groups in total. The first-order chi connectivity index (χ1) is 12.7. The van der Waals surface area contributed by atoms with Gasteiger partial charge in [0.05, 0.1) is 24.1 Å². The minimum atomic E-state index is 0.128. The fraction of sp³-hybridized carbons (Fsp3) is 0.529. The van der Waals surface area contributed by atoms with Crippen LogP contribution in [-0.2, 0) is 11.3 Å². The van der Waals surface area contributed by atoms with Gasteiger partial charge in [-0.2, -0.15) is 5.10 Å². The Hall–Kier alpha value is -1.77. The lowest BCUT2D eigenvalue weighted by atomic mass is 10.1. The maximum absolute atomic E-state index is 12.6. The van der Waals surface area contributed by atoms with Crippen LogP contribution < -0.4 is 5.32 Å². The number of ether oxygens (including phenoxy) is 1. The first kappa shape index (κ1) is 17.6. The van der Waals surface area contributed by atoms with E-state index < -0.39 is 0 Å². The molecule has 1 unspecified atom stereocenters. The van der Waals surface area contributed by atoms with Crippen molar-refractivity contribution < 1.29 is 9.53 Å². The van der Waals surface area contributed by atoms with Crippen LogP contribution in [0.1, 0.15) is 22.9 Å². The Labute approximate surface area is 161 Å². The van der Waals surface area contributed by atoms with Gasteiger partial charge in [-0.3, -0.25) is 5.10 Å². The number of hydrogen-bond acceptors (Lipinski definition) is 5. The van der Waals surface area contributed by atoms with Crippen molar-refractivity contribution in [2.45, 2.75) is 18.9 Å². The molecule has 2 aliphatic heterocycles. The normalized spacial score (nSPS) is 20.6. The third-order valence-electron chi connectivity index (χ3n) is 4.85. The minimum Gasteiger partial charge on any atom is -0.378 e. The average molecular weight is 396 g/mol. The van der Waals surface area contributed by atoms with Crippen molar-refractivity contribution in [2.75, 3.05) is 44.7 Å². The summed E-state index contributed by atoms with van der Waals surface area (Å²) in [6.45, 7) is 4.86. The van der Waals surface area contributed by atoms with Gasteiger partial charge < -0.3 is 19.9 Å². The van der Waals surface area contributed by atoms with Crippen LogP contribution in [0.25, 0.3) is 0 Å². The lowest BCUT2D eigenvalue weighted by molar-refractivity contribution is 0.0450. The highest BCUT2D eigenvalue weighted by atomic mass is 35.5. The van der Waals surface area contributed by atoms with Crippen molar-refractivity contribution in [3.63, 3.8) is 0 Å². The quantitative estimate of drug-likeness (QED) is 0.834. The third-order valence-corrected chi connectivity index (χ3v) is 6.08. The molecule has 2 aromatic heterocycles. The molecule has 2 fully saturated rings. The lowest BCUT2D eigenvalue weighted by Crippen LogP contribution is -2.47. The zero-order valence-electron chi connectivity index (χ0n) is 14.4. The smallest absolute Gasteiger partial charge is 0.320 e. The Morgan fingerprint density at radius 2 is 2.19 bits per heavy atom. The van der Waals surface area contributed by atoms with E-state index in [1.165, 1.54) is 4.88 Å². The number of morpholine rings is 1. The van der Waals surface area contributed by atoms with Crippen LogP contribution in [-0.4, -0.2) is 65.4 Å². The Morgan fingerprint density at radius 1 is 1.35 bits per heavy atom. The number of amides is 2. The highest BCUT2D eigenvalue weighted by Crippen LogP contribution is 2.28. The largest absolute Gasteiger partial charge is 0.378 e. The topological polar surface area (TPSA) is 73.5 Å². The molecular formula is C17H22ClN5O2S. The van der Waals surface area contributed by atoms with Crippen molar-refractivity contribution in [1.29, 1.82) is 0 Å². The average Bonchev–Trinajstić information content (AvgIpc) is 3.40. The van der Waals surface area contributed by atoms with Gasteiger partial charge in [-0.15, -0.1) is 11.3 Å². The number of nitrogens with one attached hydrogen (secondary N) is 2. The number of urea groups is 1. The zero-order valence-corrected chi connectivity index (χ0v) is 16.0. The molecule has 26 heavy (non-hydrogen) atoms. The summed E-state index contributed by atoms with van der Waals surface area (Å²) in [5.74, 6) is 1.13. The molecule has 4 heterocycles. The van der Waals surface area contributed by atoms with Crippen LogP contribution >= 0.6 is 22.9 Å².